The monoisotopic (exact) mass is 518 g/mol. The van der Waals surface area contributed by atoms with Crippen LogP contribution in [0.2, 0.25) is 0 Å². The number of amides is 1. The molecule has 164 valence electrons. The van der Waals surface area contributed by atoms with Gasteiger partial charge >= 0.3 is 6.09 Å². The Hall–Kier alpha value is -1.55. The number of nitrogens with zero attached hydrogens (tertiary/aromatic N) is 2. The molecule has 1 amide bonds. The lowest BCUT2D eigenvalue weighted by atomic mass is 10.1. The fraction of sp³-hybridized carbons (Fsp3) is 0.619. The van der Waals surface area contributed by atoms with E-state index in [4.69, 9.17) is 4.74 Å². The van der Waals surface area contributed by atoms with Crippen LogP contribution in [0.3, 0.4) is 0 Å². The minimum Gasteiger partial charge on any atom is -0.444 e. The fourth-order valence-electron chi connectivity index (χ4n) is 3.13. The maximum atomic E-state index is 12.0. The summed E-state index contributed by atoms with van der Waals surface area (Å²) in [5, 5.41) is 16.7. The number of benzene rings is 1. The second kappa shape index (κ2) is 11.6. The molecule has 8 heteroatoms. The van der Waals surface area contributed by atoms with Crippen molar-refractivity contribution in [1.29, 1.82) is 0 Å². The quantitative estimate of drug-likeness (QED) is 0.317. The molecular formula is C21H35IN4O3. The molecule has 7 nitrogen and oxygen atoms in total. The van der Waals surface area contributed by atoms with Crippen LogP contribution in [0.15, 0.2) is 29.3 Å². The SMILES string of the molecule is CCNC(=NCC(O)c1cccc(C)c1)N1CC[C@@H](NC(=O)OC(C)(C)C)C1.I. The molecule has 1 aromatic carbocycles. The van der Waals surface area contributed by atoms with Gasteiger partial charge in [0.25, 0.3) is 0 Å². The number of nitrogens with one attached hydrogen (secondary N) is 2. The zero-order chi connectivity index (χ0) is 20.7. The first-order valence-corrected chi connectivity index (χ1v) is 9.95. The predicted octanol–water partition coefficient (Wildman–Crippen LogP) is 3.21. The van der Waals surface area contributed by atoms with Gasteiger partial charge in [-0.2, -0.15) is 0 Å². The van der Waals surface area contributed by atoms with Gasteiger partial charge in [-0.1, -0.05) is 29.8 Å². The van der Waals surface area contributed by atoms with Crippen molar-refractivity contribution in [2.75, 3.05) is 26.2 Å². The van der Waals surface area contributed by atoms with Crippen LogP contribution in [0.1, 0.15) is 51.3 Å². The summed E-state index contributed by atoms with van der Waals surface area (Å²) in [5.74, 6) is 0.752. The van der Waals surface area contributed by atoms with Crippen molar-refractivity contribution < 1.29 is 14.6 Å². The zero-order valence-corrected chi connectivity index (χ0v) is 20.4. The van der Waals surface area contributed by atoms with Crippen LogP contribution < -0.4 is 10.6 Å². The number of carbonyl (C=O) groups excluding carboxylic acids is 1. The third-order valence-corrected chi connectivity index (χ3v) is 4.38. The molecule has 1 fully saturated rings. The van der Waals surface area contributed by atoms with Crippen molar-refractivity contribution in [1.82, 2.24) is 15.5 Å². The number of aliphatic imine (C=N–C) groups is 1. The smallest absolute Gasteiger partial charge is 0.407 e. The van der Waals surface area contributed by atoms with Crippen molar-refractivity contribution >= 4 is 36.0 Å². The van der Waals surface area contributed by atoms with Gasteiger partial charge in [-0.25, -0.2) is 4.79 Å². The number of aliphatic hydroxyl groups excluding tert-OH is 1. The first-order valence-electron chi connectivity index (χ1n) is 9.95. The molecule has 1 aliphatic heterocycles. The van der Waals surface area contributed by atoms with E-state index in [0.29, 0.717) is 6.54 Å². The van der Waals surface area contributed by atoms with Crippen LogP contribution in [-0.4, -0.2) is 59.9 Å². The van der Waals surface area contributed by atoms with E-state index in [2.05, 4.69) is 20.5 Å². The number of ether oxygens (including phenoxy) is 1. The number of aliphatic hydroxyl groups is 1. The number of hydrogen-bond acceptors (Lipinski definition) is 4. The van der Waals surface area contributed by atoms with Crippen LogP contribution in [-0.2, 0) is 4.74 Å². The lowest BCUT2D eigenvalue weighted by Gasteiger charge is -2.23. The van der Waals surface area contributed by atoms with E-state index in [9.17, 15) is 9.90 Å². The van der Waals surface area contributed by atoms with Gasteiger partial charge in [-0.15, -0.1) is 24.0 Å². The van der Waals surface area contributed by atoms with Gasteiger partial charge in [-0.3, -0.25) is 4.99 Å². The average Bonchev–Trinajstić information content (AvgIpc) is 3.04. The summed E-state index contributed by atoms with van der Waals surface area (Å²) in [7, 11) is 0. The Morgan fingerprint density at radius 2 is 2.14 bits per heavy atom. The second-order valence-corrected chi connectivity index (χ2v) is 8.20. The zero-order valence-electron chi connectivity index (χ0n) is 18.1. The normalized spacial score (nSPS) is 18.1. The van der Waals surface area contributed by atoms with Crippen molar-refractivity contribution in [3.8, 4) is 0 Å². The molecule has 1 saturated heterocycles. The van der Waals surface area contributed by atoms with Gasteiger partial charge < -0.3 is 25.4 Å². The highest BCUT2D eigenvalue weighted by molar-refractivity contribution is 14.0. The first-order chi connectivity index (χ1) is 13.2. The minimum atomic E-state index is -0.646. The Morgan fingerprint density at radius 3 is 2.76 bits per heavy atom. The Bertz CT molecular complexity index is 691. The van der Waals surface area contributed by atoms with Gasteiger partial charge in [0.15, 0.2) is 5.96 Å². The van der Waals surface area contributed by atoms with Gasteiger partial charge in [0, 0.05) is 19.6 Å². The highest BCUT2D eigenvalue weighted by Gasteiger charge is 2.28. The lowest BCUT2D eigenvalue weighted by Crippen LogP contribution is -2.44. The largest absolute Gasteiger partial charge is 0.444 e. The predicted molar refractivity (Wildman–Crippen MR) is 127 cm³/mol. The number of aryl methyl sites for hydroxylation is 1. The summed E-state index contributed by atoms with van der Waals surface area (Å²) in [6.07, 6.45) is -0.215. The van der Waals surface area contributed by atoms with Crippen LogP contribution in [0, 0.1) is 6.92 Å². The third kappa shape index (κ3) is 8.77. The molecular weight excluding hydrogens is 483 g/mol. The highest BCUT2D eigenvalue weighted by atomic mass is 127. The van der Waals surface area contributed by atoms with Gasteiger partial charge in [0.1, 0.15) is 5.60 Å². The first kappa shape index (κ1) is 25.5. The van der Waals surface area contributed by atoms with Crippen LogP contribution in [0.25, 0.3) is 0 Å². The van der Waals surface area contributed by atoms with Gasteiger partial charge in [0.05, 0.1) is 18.7 Å². The van der Waals surface area contributed by atoms with Crippen molar-refractivity contribution in [3.63, 3.8) is 0 Å². The van der Waals surface area contributed by atoms with E-state index in [0.717, 1.165) is 36.6 Å². The summed E-state index contributed by atoms with van der Waals surface area (Å²) in [5.41, 5.74) is 1.47. The Morgan fingerprint density at radius 1 is 1.41 bits per heavy atom. The molecule has 1 aliphatic rings. The van der Waals surface area contributed by atoms with Crippen LogP contribution in [0.5, 0.6) is 0 Å². The molecule has 0 aliphatic carbocycles. The second-order valence-electron chi connectivity index (χ2n) is 8.20. The number of rotatable bonds is 5. The summed E-state index contributed by atoms with van der Waals surface area (Å²) < 4.78 is 5.33. The van der Waals surface area contributed by atoms with Crippen molar-refractivity contribution in [3.05, 3.63) is 35.4 Å². The van der Waals surface area contributed by atoms with E-state index in [-0.39, 0.29) is 36.6 Å². The molecule has 29 heavy (non-hydrogen) atoms. The molecule has 0 saturated carbocycles. The summed E-state index contributed by atoms with van der Waals surface area (Å²) in [4.78, 5) is 18.7. The molecule has 3 N–H and O–H groups in total. The van der Waals surface area contributed by atoms with Crippen LogP contribution >= 0.6 is 24.0 Å². The topological polar surface area (TPSA) is 86.2 Å². The van der Waals surface area contributed by atoms with Crippen molar-refractivity contribution in [2.24, 2.45) is 4.99 Å². The summed E-state index contributed by atoms with van der Waals surface area (Å²) in [6.45, 7) is 12.0. The number of alkyl carbamates (subject to hydrolysis) is 1. The number of likely N-dealkylation sites (tertiary alicyclic amines) is 1. The van der Waals surface area contributed by atoms with Crippen LogP contribution in [0.4, 0.5) is 4.79 Å². The number of guanidine groups is 1. The van der Waals surface area contributed by atoms with E-state index >= 15 is 0 Å². The fourth-order valence-corrected chi connectivity index (χ4v) is 3.13. The number of hydrogen-bond donors (Lipinski definition) is 3. The Kier molecular flexibility index (Phi) is 10.2. The lowest BCUT2D eigenvalue weighted by molar-refractivity contribution is 0.0507. The van der Waals surface area contributed by atoms with Gasteiger partial charge in [0.2, 0.25) is 0 Å². The van der Waals surface area contributed by atoms with E-state index in [1.807, 2.05) is 58.9 Å². The standard InChI is InChI=1S/C21H34N4O3.HI/c1-6-22-19(23-13-18(26)16-9-7-8-15(2)12-16)25-11-10-17(14-25)24-20(27)28-21(3,4)5;/h7-9,12,17-18,26H,6,10-11,13-14H2,1-5H3,(H,22,23)(H,24,27);1H/t17-,18?;/m1./s1. The van der Waals surface area contributed by atoms with E-state index in [1.54, 1.807) is 0 Å². The summed E-state index contributed by atoms with van der Waals surface area (Å²) in [6, 6.07) is 7.85. The minimum absolute atomic E-state index is 0. The maximum Gasteiger partial charge on any atom is 0.407 e. The molecule has 2 atom stereocenters. The van der Waals surface area contributed by atoms with Gasteiger partial charge in [-0.05, 0) is 46.6 Å². The highest BCUT2D eigenvalue weighted by Crippen LogP contribution is 2.16. The molecule has 0 aromatic heterocycles. The number of carbonyl (C=O) groups is 1. The third-order valence-electron chi connectivity index (χ3n) is 4.38. The molecule has 1 unspecified atom stereocenters. The molecule has 0 spiro atoms. The molecule has 1 aromatic rings. The Balaban J connectivity index is 0.00000420. The maximum absolute atomic E-state index is 12.0. The molecule has 0 radical (unpaired) electrons. The molecule has 1 heterocycles. The van der Waals surface area contributed by atoms with E-state index < -0.39 is 17.8 Å². The number of halogens is 1. The van der Waals surface area contributed by atoms with Crippen molar-refractivity contribution in [2.45, 2.75) is 58.8 Å². The molecule has 2 rings (SSSR count). The summed E-state index contributed by atoms with van der Waals surface area (Å²) >= 11 is 0. The van der Waals surface area contributed by atoms with E-state index in [1.165, 1.54) is 0 Å². The Labute approximate surface area is 191 Å². The molecule has 0 bridgehead atoms. The average molecular weight is 518 g/mol.